The van der Waals surface area contributed by atoms with E-state index in [4.69, 9.17) is 4.74 Å². The monoisotopic (exact) mass is 349 g/mol. The van der Waals surface area contributed by atoms with E-state index in [9.17, 15) is 14.9 Å². The Morgan fingerprint density at radius 1 is 1.08 bits per heavy atom. The van der Waals surface area contributed by atoms with E-state index in [1.165, 1.54) is 12.3 Å². The SMILES string of the molecule is O=C(COc1cccc2ccccc12)N/N=C/c1ccccc1[N+](=O)[O-]. The Kier molecular flexibility index (Phi) is 5.19. The van der Waals surface area contributed by atoms with Crippen LogP contribution < -0.4 is 10.2 Å². The van der Waals surface area contributed by atoms with Gasteiger partial charge in [-0.3, -0.25) is 14.9 Å². The Labute approximate surface area is 149 Å². The van der Waals surface area contributed by atoms with E-state index in [-0.39, 0.29) is 12.3 Å². The summed E-state index contributed by atoms with van der Waals surface area (Å²) in [4.78, 5) is 22.3. The van der Waals surface area contributed by atoms with Crippen molar-refractivity contribution in [1.29, 1.82) is 0 Å². The van der Waals surface area contributed by atoms with E-state index in [1.54, 1.807) is 24.3 Å². The van der Waals surface area contributed by atoms with Crippen LogP contribution in [0.4, 0.5) is 5.69 Å². The van der Waals surface area contributed by atoms with E-state index < -0.39 is 10.8 Å². The van der Waals surface area contributed by atoms with Crippen molar-refractivity contribution in [1.82, 2.24) is 5.43 Å². The second-order valence-electron chi connectivity index (χ2n) is 5.38. The van der Waals surface area contributed by atoms with Crippen molar-refractivity contribution in [2.45, 2.75) is 0 Å². The van der Waals surface area contributed by atoms with Crippen LogP contribution >= 0.6 is 0 Å². The number of carbonyl (C=O) groups excluding carboxylic acids is 1. The lowest BCUT2D eigenvalue weighted by atomic mass is 10.1. The normalized spacial score (nSPS) is 10.8. The minimum atomic E-state index is -0.507. The standard InChI is InChI=1S/C19H15N3O4/c23-19(21-20-12-15-7-2-4-10-17(15)22(24)25)13-26-18-11-5-8-14-6-1-3-9-16(14)18/h1-12H,13H2,(H,21,23)/b20-12+. The van der Waals surface area contributed by atoms with Gasteiger partial charge in [0.1, 0.15) is 5.75 Å². The molecule has 0 aromatic heterocycles. The number of nitro groups is 1. The lowest BCUT2D eigenvalue weighted by molar-refractivity contribution is -0.385. The quantitative estimate of drug-likeness (QED) is 0.420. The molecule has 130 valence electrons. The van der Waals surface area contributed by atoms with Crippen LogP contribution in [0.25, 0.3) is 10.8 Å². The number of fused-ring (bicyclic) bond motifs is 1. The molecule has 0 aliphatic rings. The zero-order chi connectivity index (χ0) is 18.4. The van der Waals surface area contributed by atoms with Crippen molar-refractivity contribution in [3.05, 3.63) is 82.4 Å². The molecule has 26 heavy (non-hydrogen) atoms. The summed E-state index contributed by atoms with van der Waals surface area (Å²) in [7, 11) is 0. The molecular weight excluding hydrogens is 334 g/mol. The Balaban J connectivity index is 1.60. The first-order valence-electron chi connectivity index (χ1n) is 7.81. The Bertz CT molecular complexity index is 980. The van der Waals surface area contributed by atoms with Gasteiger partial charge in [0.25, 0.3) is 11.6 Å². The van der Waals surface area contributed by atoms with Gasteiger partial charge in [0, 0.05) is 11.5 Å². The smallest absolute Gasteiger partial charge is 0.278 e. The van der Waals surface area contributed by atoms with Gasteiger partial charge in [-0.1, -0.05) is 48.5 Å². The number of hydrogen-bond acceptors (Lipinski definition) is 5. The van der Waals surface area contributed by atoms with Crippen LogP contribution in [-0.2, 0) is 4.79 Å². The molecule has 0 bridgehead atoms. The molecule has 0 atom stereocenters. The summed E-state index contributed by atoms with van der Waals surface area (Å²) < 4.78 is 5.55. The average molecular weight is 349 g/mol. The number of hydrogen-bond donors (Lipinski definition) is 1. The van der Waals surface area contributed by atoms with Crippen molar-refractivity contribution >= 4 is 28.6 Å². The van der Waals surface area contributed by atoms with Gasteiger partial charge in [-0.25, -0.2) is 5.43 Å². The van der Waals surface area contributed by atoms with Crippen LogP contribution in [0, 0.1) is 10.1 Å². The van der Waals surface area contributed by atoms with Crippen molar-refractivity contribution in [2.24, 2.45) is 5.10 Å². The van der Waals surface area contributed by atoms with Crippen molar-refractivity contribution in [3.63, 3.8) is 0 Å². The van der Waals surface area contributed by atoms with Crippen molar-refractivity contribution < 1.29 is 14.5 Å². The average Bonchev–Trinajstić information content (AvgIpc) is 2.66. The first-order valence-corrected chi connectivity index (χ1v) is 7.81. The third-order valence-electron chi connectivity index (χ3n) is 3.63. The highest BCUT2D eigenvalue weighted by molar-refractivity contribution is 5.89. The molecule has 0 saturated heterocycles. The van der Waals surface area contributed by atoms with Crippen LogP contribution in [-0.4, -0.2) is 23.7 Å². The molecule has 0 fully saturated rings. The molecule has 7 nitrogen and oxygen atoms in total. The highest BCUT2D eigenvalue weighted by Gasteiger charge is 2.10. The highest BCUT2D eigenvalue weighted by atomic mass is 16.6. The number of nitrogens with one attached hydrogen (secondary N) is 1. The Hall–Kier alpha value is -3.74. The van der Waals surface area contributed by atoms with Gasteiger partial charge >= 0.3 is 0 Å². The van der Waals surface area contributed by atoms with Crippen LogP contribution in [0.3, 0.4) is 0 Å². The van der Waals surface area contributed by atoms with E-state index >= 15 is 0 Å². The number of para-hydroxylation sites is 1. The molecule has 0 aliphatic heterocycles. The molecule has 0 spiro atoms. The third kappa shape index (κ3) is 4.02. The van der Waals surface area contributed by atoms with Crippen molar-refractivity contribution in [2.75, 3.05) is 6.61 Å². The first kappa shape index (κ1) is 17.1. The van der Waals surface area contributed by atoms with Gasteiger partial charge in [0.05, 0.1) is 16.7 Å². The number of ether oxygens (including phenoxy) is 1. The van der Waals surface area contributed by atoms with Gasteiger partial charge in [-0.15, -0.1) is 0 Å². The molecule has 0 unspecified atom stereocenters. The van der Waals surface area contributed by atoms with Gasteiger partial charge in [-0.05, 0) is 17.5 Å². The number of nitrogens with zero attached hydrogens (tertiary/aromatic N) is 2. The molecule has 1 N–H and O–H groups in total. The zero-order valence-corrected chi connectivity index (χ0v) is 13.7. The maximum Gasteiger partial charge on any atom is 0.278 e. The zero-order valence-electron chi connectivity index (χ0n) is 13.7. The molecule has 3 aromatic carbocycles. The fourth-order valence-corrected chi connectivity index (χ4v) is 2.43. The van der Waals surface area contributed by atoms with Crippen LogP contribution in [0.15, 0.2) is 71.8 Å². The highest BCUT2D eigenvalue weighted by Crippen LogP contribution is 2.24. The fourth-order valence-electron chi connectivity index (χ4n) is 2.43. The van der Waals surface area contributed by atoms with Gasteiger partial charge in [0.15, 0.2) is 6.61 Å². The lowest BCUT2D eigenvalue weighted by Gasteiger charge is -2.08. The summed E-state index contributed by atoms with van der Waals surface area (Å²) >= 11 is 0. The summed E-state index contributed by atoms with van der Waals surface area (Å²) in [5, 5.41) is 16.6. The molecule has 0 heterocycles. The molecule has 3 aromatic rings. The number of benzene rings is 3. The largest absolute Gasteiger partial charge is 0.483 e. The topological polar surface area (TPSA) is 93.8 Å². The molecule has 1 amide bonds. The summed E-state index contributed by atoms with van der Waals surface area (Å²) in [5.74, 6) is 0.133. The number of nitro benzene ring substituents is 1. The minimum Gasteiger partial charge on any atom is -0.483 e. The molecule has 0 saturated carbocycles. The molecule has 7 heteroatoms. The Morgan fingerprint density at radius 2 is 1.81 bits per heavy atom. The predicted molar refractivity (Wildman–Crippen MR) is 98.3 cm³/mol. The molecule has 0 aliphatic carbocycles. The lowest BCUT2D eigenvalue weighted by Crippen LogP contribution is -2.24. The van der Waals surface area contributed by atoms with Crippen LogP contribution in [0.5, 0.6) is 5.75 Å². The van der Waals surface area contributed by atoms with Crippen LogP contribution in [0.1, 0.15) is 5.56 Å². The van der Waals surface area contributed by atoms with Gasteiger partial charge in [0.2, 0.25) is 0 Å². The maximum absolute atomic E-state index is 11.9. The van der Waals surface area contributed by atoms with Gasteiger partial charge < -0.3 is 4.74 Å². The number of carbonyl (C=O) groups is 1. The van der Waals surface area contributed by atoms with E-state index in [0.717, 1.165) is 10.8 Å². The first-order chi connectivity index (χ1) is 12.6. The number of hydrazone groups is 1. The van der Waals surface area contributed by atoms with E-state index in [2.05, 4.69) is 10.5 Å². The van der Waals surface area contributed by atoms with Crippen LogP contribution in [0.2, 0.25) is 0 Å². The molecule has 0 radical (unpaired) electrons. The fraction of sp³-hybridized carbons (Fsp3) is 0.0526. The molecule has 3 rings (SSSR count). The van der Waals surface area contributed by atoms with Gasteiger partial charge in [-0.2, -0.15) is 5.10 Å². The summed E-state index contributed by atoms with van der Waals surface area (Å²) in [6.07, 6.45) is 1.23. The summed E-state index contributed by atoms with van der Waals surface area (Å²) in [6, 6.07) is 19.4. The molecular formula is C19H15N3O4. The number of amides is 1. The summed E-state index contributed by atoms with van der Waals surface area (Å²) in [5.41, 5.74) is 2.51. The number of rotatable bonds is 6. The maximum atomic E-state index is 11.9. The van der Waals surface area contributed by atoms with E-state index in [0.29, 0.717) is 11.3 Å². The van der Waals surface area contributed by atoms with Crippen molar-refractivity contribution in [3.8, 4) is 5.75 Å². The summed E-state index contributed by atoms with van der Waals surface area (Å²) in [6.45, 7) is -0.220. The third-order valence-corrected chi connectivity index (χ3v) is 3.63. The Morgan fingerprint density at radius 3 is 2.65 bits per heavy atom. The predicted octanol–water partition coefficient (Wildman–Crippen LogP) is 3.28. The second-order valence-corrected chi connectivity index (χ2v) is 5.38. The second kappa shape index (κ2) is 7.89. The minimum absolute atomic E-state index is 0.0856. The van der Waals surface area contributed by atoms with E-state index in [1.807, 2.05) is 36.4 Å².